The number of carbonyl (C=O) groups is 1. The van der Waals surface area contributed by atoms with Crippen molar-refractivity contribution in [3.05, 3.63) is 53.6 Å². The lowest BCUT2D eigenvalue weighted by atomic mass is 10.1. The lowest BCUT2D eigenvalue weighted by molar-refractivity contribution is -0.0501. The van der Waals surface area contributed by atoms with Crippen molar-refractivity contribution in [2.75, 3.05) is 13.7 Å². The van der Waals surface area contributed by atoms with E-state index in [0.717, 1.165) is 5.56 Å². The van der Waals surface area contributed by atoms with Crippen LogP contribution in [0, 0.1) is 5.92 Å². The largest absolute Gasteiger partial charge is 0.493 e. The number of methoxy groups -OCH3 is 1. The fraction of sp³-hybridized carbons (Fsp3) is 0.381. The van der Waals surface area contributed by atoms with Crippen LogP contribution in [0.2, 0.25) is 0 Å². The predicted octanol–water partition coefficient (Wildman–Crippen LogP) is 4.82. The van der Waals surface area contributed by atoms with Crippen LogP contribution < -0.4 is 19.5 Å². The van der Waals surface area contributed by atoms with Crippen molar-refractivity contribution in [3.8, 4) is 17.2 Å². The molecule has 2 aromatic carbocycles. The van der Waals surface area contributed by atoms with E-state index in [1.165, 1.54) is 18.2 Å². The zero-order valence-corrected chi connectivity index (χ0v) is 16.4. The molecular weight excluding hydrogens is 368 g/mol. The molecule has 2 aromatic rings. The minimum absolute atomic E-state index is 0.0403. The Labute approximate surface area is 163 Å². The fourth-order valence-corrected chi connectivity index (χ4v) is 2.54. The fourth-order valence-electron chi connectivity index (χ4n) is 2.54. The highest BCUT2D eigenvalue weighted by Gasteiger charge is 2.18. The maximum Gasteiger partial charge on any atom is 0.387 e. The SMILES string of the molecule is COc1cc(C(C)NC(=O)c2ccccc2OC(F)F)ccc1OCC(C)C. The summed E-state index contributed by atoms with van der Waals surface area (Å²) in [6.45, 7) is 3.44. The highest BCUT2D eigenvalue weighted by atomic mass is 19.3. The molecule has 7 heteroatoms. The van der Waals surface area contributed by atoms with Crippen LogP contribution in [-0.2, 0) is 0 Å². The van der Waals surface area contributed by atoms with Gasteiger partial charge in [-0.15, -0.1) is 0 Å². The first-order chi connectivity index (χ1) is 13.3. The third-order valence-electron chi connectivity index (χ3n) is 3.96. The highest BCUT2D eigenvalue weighted by Crippen LogP contribution is 2.31. The third-order valence-corrected chi connectivity index (χ3v) is 3.96. The van der Waals surface area contributed by atoms with Gasteiger partial charge in [-0.25, -0.2) is 0 Å². The Hall–Kier alpha value is -2.83. The number of halogens is 2. The first-order valence-corrected chi connectivity index (χ1v) is 8.97. The Morgan fingerprint density at radius 2 is 1.75 bits per heavy atom. The molecule has 1 N–H and O–H groups in total. The summed E-state index contributed by atoms with van der Waals surface area (Å²) in [6.07, 6.45) is 0. The Morgan fingerprint density at radius 3 is 2.39 bits per heavy atom. The third kappa shape index (κ3) is 5.84. The van der Waals surface area contributed by atoms with E-state index in [9.17, 15) is 13.6 Å². The smallest absolute Gasteiger partial charge is 0.387 e. The Morgan fingerprint density at radius 1 is 1.04 bits per heavy atom. The van der Waals surface area contributed by atoms with E-state index >= 15 is 0 Å². The van der Waals surface area contributed by atoms with Crippen molar-refractivity contribution in [3.63, 3.8) is 0 Å². The van der Waals surface area contributed by atoms with Gasteiger partial charge in [-0.3, -0.25) is 4.79 Å². The molecule has 0 heterocycles. The summed E-state index contributed by atoms with van der Waals surface area (Å²) in [5.41, 5.74) is 0.827. The second-order valence-electron chi connectivity index (χ2n) is 6.68. The Balaban J connectivity index is 2.14. The van der Waals surface area contributed by atoms with Gasteiger partial charge in [0.15, 0.2) is 11.5 Å². The lowest BCUT2D eigenvalue weighted by Gasteiger charge is -2.18. The van der Waals surface area contributed by atoms with Gasteiger partial charge in [-0.2, -0.15) is 8.78 Å². The molecule has 0 fully saturated rings. The van der Waals surface area contributed by atoms with Crippen molar-refractivity contribution >= 4 is 5.91 Å². The van der Waals surface area contributed by atoms with E-state index in [1.54, 1.807) is 32.2 Å². The standard InChI is InChI=1S/C21H25F2NO4/c1-13(2)12-27-18-10-9-15(11-19(18)26-4)14(3)24-20(25)16-7-5-6-8-17(16)28-21(22)23/h5-11,13-14,21H,12H2,1-4H3,(H,24,25). The topological polar surface area (TPSA) is 56.8 Å². The minimum Gasteiger partial charge on any atom is -0.493 e. The summed E-state index contributed by atoms with van der Waals surface area (Å²) in [5.74, 6) is 0.869. The number of carbonyl (C=O) groups excluding carboxylic acids is 1. The van der Waals surface area contributed by atoms with E-state index in [1.807, 2.05) is 19.9 Å². The second kappa shape index (κ2) is 9.92. The number of rotatable bonds is 9. The van der Waals surface area contributed by atoms with Crippen LogP contribution in [0.25, 0.3) is 0 Å². The molecule has 0 aliphatic carbocycles. The molecular formula is C21H25F2NO4. The first-order valence-electron chi connectivity index (χ1n) is 8.97. The number of hydrogen-bond acceptors (Lipinski definition) is 4. The van der Waals surface area contributed by atoms with Crippen LogP contribution >= 0.6 is 0 Å². The molecule has 1 amide bonds. The lowest BCUT2D eigenvalue weighted by Crippen LogP contribution is -2.27. The minimum atomic E-state index is -3.01. The van der Waals surface area contributed by atoms with Gasteiger partial charge in [0.05, 0.1) is 25.3 Å². The van der Waals surface area contributed by atoms with Gasteiger partial charge in [-0.1, -0.05) is 32.0 Å². The summed E-state index contributed by atoms with van der Waals surface area (Å²) >= 11 is 0. The quantitative estimate of drug-likeness (QED) is 0.663. The molecule has 0 saturated carbocycles. The van der Waals surface area contributed by atoms with Crippen LogP contribution in [-0.4, -0.2) is 26.2 Å². The second-order valence-corrected chi connectivity index (χ2v) is 6.68. The molecule has 5 nitrogen and oxygen atoms in total. The molecule has 1 atom stereocenters. The molecule has 0 bridgehead atoms. The molecule has 0 aliphatic rings. The summed E-state index contributed by atoms with van der Waals surface area (Å²) in [7, 11) is 1.54. The number of hydrogen-bond donors (Lipinski definition) is 1. The normalized spacial score (nSPS) is 12.0. The molecule has 152 valence electrons. The average molecular weight is 393 g/mol. The number of nitrogens with one attached hydrogen (secondary N) is 1. The van der Waals surface area contributed by atoms with Gasteiger partial charge < -0.3 is 19.5 Å². The monoisotopic (exact) mass is 393 g/mol. The zero-order valence-electron chi connectivity index (χ0n) is 16.4. The molecule has 0 saturated heterocycles. The highest BCUT2D eigenvalue weighted by molar-refractivity contribution is 5.97. The number of amides is 1. The molecule has 0 spiro atoms. The summed E-state index contributed by atoms with van der Waals surface area (Å²) in [6, 6.07) is 10.9. The van der Waals surface area contributed by atoms with Gasteiger partial charge in [0, 0.05) is 0 Å². The van der Waals surface area contributed by atoms with Crippen molar-refractivity contribution in [2.45, 2.75) is 33.4 Å². The van der Waals surface area contributed by atoms with Crippen molar-refractivity contribution < 1.29 is 27.8 Å². The van der Waals surface area contributed by atoms with Crippen LogP contribution in [0.5, 0.6) is 17.2 Å². The van der Waals surface area contributed by atoms with Crippen molar-refractivity contribution in [1.82, 2.24) is 5.32 Å². The van der Waals surface area contributed by atoms with Gasteiger partial charge in [-0.05, 0) is 42.7 Å². The van der Waals surface area contributed by atoms with E-state index in [0.29, 0.717) is 24.0 Å². The van der Waals surface area contributed by atoms with Crippen LogP contribution in [0.15, 0.2) is 42.5 Å². The summed E-state index contributed by atoms with van der Waals surface area (Å²) < 4.78 is 40.6. The van der Waals surface area contributed by atoms with E-state index in [2.05, 4.69) is 10.1 Å². The molecule has 28 heavy (non-hydrogen) atoms. The van der Waals surface area contributed by atoms with Gasteiger partial charge in [0.1, 0.15) is 5.75 Å². The summed E-state index contributed by atoms with van der Waals surface area (Å²) in [5, 5.41) is 2.79. The van der Waals surface area contributed by atoms with Gasteiger partial charge >= 0.3 is 6.61 Å². The maximum atomic E-state index is 12.5. The molecule has 1 unspecified atom stereocenters. The number of alkyl halides is 2. The van der Waals surface area contributed by atoms with E-state index in [4.69, 9.17) is 9.47 Å². The molecule has 0 radical (unpaired) electrons. The van der Waals surface area contributed by atoms with Gasteiger partial charge in [0.25, 0.3) is 5.91 Å². The predicted molar refractivity (Wildman–Crippen MR) is 102 cm³/mol. The van der Waals surface area contributed by atoms with Crippen molar-refractivity contribution in [1.29, 1.82) is 0 Å². The van der Waals surface area contributed by atoms with Gasteiger partial charge in [0.2, 0.25) is 0 Å². The van der Waals surface area contributed by atoms with Crippen LogP contribution in [0.4, 0.5) is 8.78 Å². The average Bonchev–Trinajstić information content (AvgIpc) is 2.65. The molecule has 0 aliphatic heterocycles. The number of benzene rings is 2. The Bertz CT molecular complexity index is 796. The van der Waals surface area contributed by atoms with Crippen molar-refractivity contribution in [2.24, 2.45) is 5.92 Å². The summed E-state index contributed by atoms with van der Waals surface area (Å²) in [4.78, 5) is 12.5. The molecule has 0 aromatic heterocycles. The zero-order chi connectivity index (χ0) is 20.7. The number of para-hydroxylation sites is 1. The Kier molecular flexibility index (Phi) is 7.61. The van der Waals surface area contributed by atoms with E-state index in [-0.39, 0.29) is 17.4 Å². The van der Waals surface area contributed by atoms with Crippen LogP contribution in [0.1, 0.15) is 42.7 Å². The van der Waals surface area contributed by atoms with E-state index < -0.39 is 12.5 Å². The molecule has 2 rings (SSSR count). The van der Waals surface area contributed by atoms with Crippen LogP contribution in [0.3, 0.4) is 0 Å². The first kappa shape index (κ1) is 21.5. The maximum absolute atomic E-state index is 12.5. The number of ether oxygens (including phenoxy) is 3.